The van der Waals surface area contributed by atoms with Gasteiger partial charge in [-0.15, -0.1) is 0 Å². The third-order valence-electron chi connectivity index (χ3n) is 6.13. The molecule has 0 aliphatic heterocycles. The summed E-state index contributed by atoms with van der Waals surface area (Å²) in [5, 5.41) is 9.50. The summed E-state index contributed by atoms with van der Waals surface area (Å²) in [6.07, 6.45) is 9.76. The SMILES string of the molecule is Cc1cc(-c2cnn(C)c2)cc2cc(NC(=O)C3CCC(N(C)C)CC3)ncc12. The van der Waals surface area contributed by atoms with Gasteiger partial charge < -0.3 is 10.2 Å². The van der Waals surface area contributed by atoms with E-state index in [9.17, 15) is 4.79 Å². The number of nitrogens with zero attached hydrogens (tertiary/aromatic N) is 4. The Hall–Kier alpha value is -2.73. The van der Waals surface area contributed by atoms with Gasteiger partial charge in [0, 0.05) is 42.4 Å². The molecule has 3 aromatic rings. The van der Waals surface area contributed by atoms with Crippen LogP contribution in [0.3, 0.4) is 0 Å². The average molecular weight is 392 g/mol. The lowest BCUT2D eigenvalue weighted by Crippen LogP contribution is -2.35. The number of fused-ring (bicyclic) bond motifs is 1. The van der Waals surface area contributed by atoms with Crippen molar-refractivity contribution >= 4 is 22.5 Å². The van der Waals surface area contributed by atoms with Crippen molar-refractivity contribution in [2.45, 2.75) is 38.6 Å². The van der Waals surface area contributed by atoms with Gasteiger partial charge in [-0.1, -0.05) is 6.07 Å². The van der Waals surface area contributed by atoms with Crippen LogP contribution in [-0.2, 0) is 11.8 Å². The molecule has 1 amide bonds. The van der Waals surface area contributed by atoms with Crippen molar-refractivity contribution in [2.24, 2.45) is 13.0 Å². The maximum Gasteiger partial charge on any atom is 0.228 e. The van der Waals surface area contributed by atoms with Crippen molar-refractivity contribution < 1.29 is 4.79 Å². The second-order valence-corrected chi connectivity index (χ2v) is 8.44. The highest BCUT2D eigenvalue weighted by Crippen LogP contribution is 2.30. The Morgan fingerprint density at radius 1 is 1.10 bits per heavy atom. The van der Waals surface area contributed by atoms with Crippen molar-refractivity contribution in [3.63, 3.8) is 0 Å². The maximum absolute atomic E-state index is 12.8. The highest BCUT2D eigenvalue weighted by molar-refractivity contribution is 5.96. The van der Waals surface area contributed by atoms with Gasteiger partial charge in [0.05, 0.1) is 6.20 Å². The number of hydrogen-bond donors (Lipinski definition) is 1. The van der Waals surface area contributed by atoms with Crippen molar-refractivity contribution in [1.29, 1.82) is 0 Å². The molecule has 6 heteroatoms. The minimum absolute atomic E-state index is 0.0761. The highest BCUT2D eigenvalue weighted by Gasteiger charge is 2.27. The minimum Gasteiger partial charge on any atom is -0.310 e. The van der Waals surface area contributed by atoms with Gasteiger partial charge in [0.15, 0.2) is 0 Å². The number of hydrogen-bond acceptors (Lipinski definition) is 4. The lowest BCUT2D eigenvalue weighted by atomic mass is 9.85. The zero-order valence-corrected chi connectivity index (χ0v) is 17.6. The van der Waals surface area contributed by atoms with Gasteiger partial charge in [0.1, 0.15) is 5.82 Å². The molecule has 0 saturated heterocycles. The summed E-state index contributed by atoms with van der Waals surface area (Å²) in [4.78, 5) is 19.5. The first-order valence-electron chi connectivity index (χ1n) is 10.3. The fourth-order valence-corrected chi connectivity index (χ4v) is 4.33. The molecule has 152 valence electrons. The van der Waals surface area contributed by atoms with Crippen LogP contribution < -0.4 is 5.32 Å². The molecule has 0 unspecified atom stereocenters. The number of aromatic nitrogens is 3. The molecule has 1 aliphatic carbocycles. The first-order valence-corrected chi connectivity index (χ1v) is 10.3. The monoisotopic (exact) mass is 391 g/mol. The smallest absolute Gasteiger partial charge is 0.228 e. The van der Waals surface area contributed by atoms with Crippen LogP contribution >= 0.6 is 0 Å². The Morgan fingerprint density at radius 2 is 1.86 bits per heavy atom. The predicted octanol–water partition coefficient (Wildman–Crippen LogP) is 4.00. The summed E-state index contributed by atoms with van der Waals surface area (Å²) in [7, 11) is 6.15. The van der Waals surface area contributed by atoms with Gasteiger partial charge in [-0.3, -0.25) is 9.48 Å². The minimum atomic E-state index is 0.0761. The Bertz CT molecular complexity index is 1030. The number of anilines is 1. The van der Waals surface area contributed by atoms with E-state index in [-0.39, 0.29) is 11.8 Å². The van der Waals surface area contributed by atoms with Gasteiger partial charge in [0.2, 0.25) is 5.91 Å². The molecule has 1 saturated carbocycles. The number of nitrogens with one attached hydrogen (secondary N) is 1. The molecule has 1 fully saturated rings. The van der Waals surface area contributed by atoms with Crippen molar-refractivity contribution in [2.75, 3.05) is 19.4 Å². The molecule has 0 radical (unpaired) electrons. The van der Waals surface area contributed by atoms with Gasteiger partial charge in [0.25, 0.3) is 0 Å². The highest BCUT2D eigenvalue weighted by atomic mass is 16.1. The molecule has 6 nitrogen and oxygen atoms in total. The normalized spacial score (nSPS) is 19.6. The molecular formula is C23H29N5O. The quantitative estimate of drug-likeness (QED) is 0.730. The third-order valence-corrected chi connectivity index (χ3v) is 6.13. The first kappa shape index (κ1) is 19.6. The molecule has 4 rings (SSSR count). The number of carbonyl (C=O) groups excluding carboxylic acids is 1. The Kier molecular flexibility index (Phi) is 5.37. The number of carbonyl (C=O) groups is 1. The lowest BCUT2D eigenvalue weighted by Gasteiger charge is -2.31. The largest absolute Gasteiger partial charge is 0.310 e. The number of aryl methyl sites for hydroxylation is 2. The third kappa shape index (κ3) is 4.17. The molecule has 0 spiro atoms. The standard InChI is InChI=1S/C23H29N5O/c1-15-9-17(19-12-25-28(4)14-19)10-18-11-22(24-13-21(15)18)26-23(29)16-5-7-20(8-6-16)27(2)3/h9-14,16,20H,5-8H2,1-4H3,(H,24,26,29). The zero-order chi connectivity index (χ0) is 20.5. The van der Waals surface area contributed by atoms with Crippen LogP contribution in [0.1, 0.15) is 31.2 Å². The van der Waals surface area contributed by atoms with Crippen LogP contribution in [0, 0.1) is 12.8 Å². The van der Waals surface area contributed by atoms with Crippen LogP contribution in [-0.4, -0.2) is 45.7 Å². The molecule has 2 aromatic heterocycles. The van der Waals surface area contributed by atoms with Gasteiger partial charge in [-0.25, -0.2) is 4.98 Å². The van der Waals surface area contributed by atoms with E-state index in [1.807, 2.05) is 31.7 Å². The van der Waals surface area contributed by atoms with Crippen molar-refractivity contribution in [1.82, 2.24) is 19.7 Å². The molecule has 29 heavy (non-hydrogen) atoms. The van der Waals surface area contributed by atoms with E-state index in [0.717, 1.165) is 53.1 Å². The van der Waals surface area contributed by atoms with E-state index in [0.29, 0.717) is 11.9 Å². The van der Waals surface area contributed by atoms with Crippen LogP contribution in [0.5, 0.6) is 0 Å². The zero-order valence-electron chi connectivity index (χ0n) is 17.6. The molecule has 2 heterocycles. The predicted molar refractivity (Wildman–Crippen MR) is 117 cm³/mol. The molecule has 0 atom stereocenters. The Morgan fingerprint density at radius 3 is 2.52 bits per heavy atom. The van der Waals surface area contributed by atoms with Crippen molar-refractivity contribution in [3.8, 4) is 11.1 Å². The second kappa shape index (κ2) is 7.95. The number of rotatable bonds is 4. The number of pyridine rings is 1. The van der Waals surface area contributed by atoms with Crippen LogP contribution in [0.2, 0.25) is 0 Å². The summed E-state index contributed by atoms with van der Waals surface area (Å²) in [6, 6.07) is 6.86. The topological polar surface area (TPSA) is 63.1 Å². The number of benzene rings is 1. The summed E-state index contributed by atoms with van der Waals surface area (Å²) in [5.41, 5.74) is 3.36. The Labute approximate surface area is 171 Å². The molecule has 1 aliphatic rings. The van der Waals surface area contributed by atoms with Crippen LogP contribution in [0.25, 0.3) is 21.9 Å². The van der Waals surface area contributed by atoms with E-state index < -0.39 is 0 Å². The van der Waals surface area contributed by atoms with E-state index in [1.165, 1.54) is 0 Å². The maximum atomic E-state index is 12.8. The summed E-state index contributed by atoms with van der Waals surface area (Å²) in [5.74, 6) is 0.793. The van der Waals surface area contributed by atoms with E-state index >= 15 is 0 Å². The van der Waals surface area contributed by atoms with Gasteiger partial charge in [-0.05, 0) is 75.3 Å². The van der Waals surface area contributed by atoms with Crippen LogP contribution in [0.4, 0.5) is 5.82 Å². The molecule has 0 bridgehead atoms. The fourth-order valence-electron chi connectivity index (χ4n) is 4.33. The van der Waals surface area contributed by atoms with Gasteiger partial charge >= 0.3 is 0 Å². The average Bonchev–Trinajstić information content (AvgIpc) is 3.14. The van der Waals surface area contributed by atoms with Crippen molar-refractivity contribution in [3.05, 3.63) is 42.4 Å². The van der Waals surface area contributed by atoms with E-state index in [4.69, 9.17) is 0 Å². The number of amides is 1. The second-order valence-electron chi connectivity index (χ2n) is 8.44. The van der Waals surface area contributed by atoms with Crippen LogP contribution in [0.15, 0.2) is 36.8 Å². The molecular weight excluding hydrogens is 362 g/mol. The Balaban J connectivity index is 1.53. The van der Waals surface area contributed by atoms with E-state index in [1.54, 1.807) is 4.68 Å². The summed E-state index contributed by atoms with van der Waals surface area (Å²) in [6.45, 7) is 2.09. The lowest BCUT2D eigenvalue weighted by molar-refractivity contribution is -0.121. The summed E-state index contributed by atoms with van der Waals surface area (Å²) < 4.78 is 1.80. The van der Waals surface area contributed by atoms with E-state index in [2.05, 4.69) is 53.5 Å². The van der Waals surface area contributed by atoms with Gasteiger partial charge in [-0.2, -0.15) is 5.10 Å². The first-order chi connectivity index (χ1) is 13.9. The fraction of sp³-hybridized carbons (Fsp3) is 0.435. The molecule has 1 aromatic carbocycles. The molecule has 1 N–H and O–H groups in total. The summed E-state index contributed by atoms with van der Waals surface area (Å²) >= 11 is 0.